The highest BCUT2D eigenvalue weighted by atomic mass is 32.2. The van der Waals surface area contributed by atoms with Gasteiger partial charge in [-0.25, -0.2) is 0 Å². The second-order valence-corrected chi connectivity index (χ2v) is 4.77. The fourth-order valence-corrected chi connectivity index (χ4v) is 3.70. The highest BCUT2D eigenvalue weighted by molar-refractivity contribution is 8.01. The van der Waals surface area contributed by atoms with Crippen LogP contribution in [-0.4, -0.2) is 10.5 Å². The molecule has 0 amide bonds. The van der Waals surface area contributed by atoms with Crippen LogP contribution in [0.5, 0.6) is 0 Å². The van der Waals surface area contributed by atoms with Crippen LogP contribution in [0.3, 0.4) is 0 Å². The lowest BCUT2D eigenvalue weighted by Crippen LogP contribution is -2.08. The van der Waals surface area contributed by atoms with Gasteiger partial charge in [0, 0.05) is 10.5 Å². The number of thioether (sulfide) groups is 1. The summed E-state index contributed by atoms with van der Waals surface area (Å²) in [5.41, 5.74) is 0. The normalized spacial score (nSPS) is 43.1. The Hall–Kier alpha value is 0.0900. The minimum absolute atomic E-state index is 0.890. The molecule has 2 rings (SSSR count). The van der Waals surface area contributed by atoms with Gasteiger partial charge in [-0.2, -0.15) is 11.8 Å². The van der Waals surface area contributed by atoms with E-state index in [0.717, 1.165) is 16.4 Å². The molecule has 0 unspecified atom stereocenters. The van der Waals surface area contributed by atoms with E-state index in [0.29, 0.717) is 0 Å². The first-order chi connectivity index (χ1) is 4.90. The van der Waals surface area contributed by atoms with Crippen molar-refractivity contribution in [1.82, 2.24) is 0 Å². The zero-order chi connectivity index (χ0) is 6.97. The largest absolute Gasteiger partial charge is 0.150 e. The molecule has 3 atom stereocenters. The summed E-state index contributed by atoms with van der Waals surface area (Å²) in [5.74, 6) is 0.940. The maximum Gasteiger partial charge on any atom is 0.0236 e. The van der Waals surface area contributed by atoms with Gasteiger partial charge in [0.25, 0.3) is 0 Å². The van der Waals surface area contributed by atoms with Crippen molar-refractivity contribution in [2.24, 2.45) is 5.92 Å². The molecule has 2 aliphatic rings. The number of rotatable bonds is 2. The molecule has 1 heterocycles. The van der Waals surface area contributed by atoms with Crippen molar-refractivity contribution in [2.75, 3.05) is 0 Å². The van der Waals surface area contributed by atoms with Crippen molar-refractivity contribution in [3.05, 3.63) is 12.2 Å². The third kappa shape index (κ3) is 1.01. The number of allylic oxidation sites excluding steroid dienone is 1. The predicted molar refractivity (Wildman–Crippen MR) is 47.3 cm³/mol. The smallest absolute Gasteiger partial charge is 0.0236 e. The van der Waals surface area contributed by atoms with E-state index in [1.54, 1.807) is 0 Å². The molecule has 1 heteroatoms. The molecule has 0 saturated carbocycles. The Balaban J connectivity index is 1.96. The van der Waals surface area contributed by atoms with Gasteiger partial charge in [0.1, 0.15) is 0 Å². The van der Waals surface area contributed by atoms with Gasteiger partial charge in [-0.1, -0.05) is 25.5 Å². The van der Waals surface area contributed by atoms with Crippen LogP contribution in [0.2, 0.25) is 0 Å². The van der Waals surface area contributed by atoms with Crippen molar-refractivity contribution < 1.29 is 0 Å². The lowest BCUT2D eigenvalue weighted by Gasteiger charge is -2.15. The molecule has 0 aromatic heterocycles. The molecule has 1 saturated heterocycles. The average Bonchev–Trinajstić information content (AvgIpc) is 2.48. The molecule has 0 spiro atoms. The topological polar surface area (TPSA) is 0 Å². The van der Waals surface area contributed by atoms with E-state index in [1.165, 1.54) is 19.3 Å². The lowest BCUT2D eigenvalue weighted by molar-refractivity contribution is 0.593. The Labute approximate surface area is 67.1 Å². The fraction of sp³-hybridized carbons (Fsp3) is 0.778. The van der Waals surface area contributed by atoms with Crippen LogP contribution in [0, 0.1) is 5.92 Å². The second-order valence-electron chi connectivity index (χ2n) is 3.29. The highest BCUT2D eigenvalue weighted by Crippen LogP contribution is 2.46. The van der Waals surface area contributed by atoms with E-state index in [9.17, 15) is 0 Å². The maximum absolute atomic E-state index is 2.43. The van der Waals surface area contributed by atoms with Gasteiger partial charge in [-0.05, 0) is 18.8 Å². The van der Waals surface area contributed by atoms with Gasteiger partial charge in [-0.3, -0.25) is 0 Å². The van der Waals surface area contributed by atoms with Gasteiger partial charge >= 0.3 is 0 Å². The van der Waals surface area contributed by atoms with E-state index in [-0.39, 0.29) is 0 Å². The third-order valence-corrected chi connectivity index (χ3v) is 4.11. The van der Waals surface area contributed by atoms with Gasteiger partial charge in [0.15, 0.2) is 0 Å². The van der Waals surface area contributed by atoms with Crippen LogP contribution in [0.1, 0.15) is 26.2 Å². The van der Waals surface area contributed by atoms with E-state index in [2.05, 4.69) is 30.8 Å². The zero-order valence-corrected chi connectivity index (χ0v) is 7.23. The Morgan fingerprint density at radius 2 is 2.40 bits per heavy atom. The molecule has 0 N–H and O–H groups in total. The van der Waals surface area contributed by atoms with Gasteiger partial charge in [-0.15, -0.1) is 0 Å². The van der Waals surface area contributed by atoms with Crippen LogP contribution >= 0.6 is 11.8 Å². The first-order valence-electron chi connectivity index (χ1n) is 4.24. The molecule has 56 valence electrons. The van der Waals surface area contributed by atoms with E-state index in [4.69, 9.17) is 0 Å². The van der Waals surface area contributed by atoms with Gasteiger partial charge in [0.2, 0.25) is 0 Å². The lowest BCUT2D eigenvalue weighted by atomic mass is 10.0. The van der Waals surface area contributed by atoms with E-state index >= 15 is 0 Å². The molecule has 2 bridgehead atoms. The van der Waals surface area contributed by atoms with E-state index in [1.807, 2.05) is 0 Å². The minimum atomic E-state index is 0.890. The van der Waals surface area contributed by atoms with Crippen LogP contribution in [0.4, 0.5) is 0 Å². The summed E-state index contributed by atoms with van der Waals surface area (Å²) < 4.78 is 0. The number of fused-ring (bicyclic) bond motifs is 2. The zero-order valence-electron chi connectivity index (χ0n) is 6.42. The fourth-order valence-electron chi connectivity index (χ4n) is 1.96. The third-order valence-electron chi connectivity index (χ3n) is 2.48. The maximum atomic E-state index is 2.43. The molecule has 0 aromatic carbocycles. The predicted octanol–water partition coefficient (Wildman–Crippen LogP) is 2.85. The van der Waals surface area contributed by atoms with Crippen LogP contribution in [0.25, 0.3) is 0 Å². The summed E-state index contributed by atoms with van der Waals surface area (Å²) >= 11 is 2.20. The first-order valence-corrected chi connectivity index (χ1v) is 5.18. The first kappa shape index (κ1) is 6.78. The van der Waals surface area contributed by atoms with Crippen molar-refractivity contribution in [1.29, 1.82) is 0 Å². The van der Waals surface area contributed by atoms with Gasteiger partial charge in [0.05, 0.1) is 0 Å². The van der Waals surface area contributed by atoms with Crippen molar-refractivity contribution >= 4 is 11.8 Å². The molecule has 10 heavy (non-hydrogen) atoms. The van der Waals surface area contributed by atoms with Crippen molar-refractivity contribution in [2.45, 2.75) is 36.7 Å². The standard InChI is InChI=1S/C9H14S/c1-2-3-9-7-4-5-8(6-7)10-9/h4-5,7-9H,2-3,6H2,1H3/t7-,8+,9+/m0/s1. The average molecular weight is 154 g/mol. The Bertz CT molecular complexity index is 151. The van der Waals surface area contributed by atoms with Crippen molar-refractivity contribution in [3.8, 4) is 0 Å². The summed E-state index contributed by atoms with van der Waals surface area (Å²) in [4.78, 5) is 0. The summed E-state index contributed by atoms with van der Waals surface area (Å²) in [6.45, 7) is 2.29. The Kier molecular flexibility index (Phi) is 1.77. The molecule has 1 aliphatic heterocycles. The van der Waals surface area contributed by atoms with Crippen LogP contribution < -0.4 is 0 Å². The molecule has 0 nitrogen and oxygen atoms in total. The number of hydrogen-bond acceptors (Lipinski definition) is 1. The summed E-state index contributed by atoms with van der Waals surface area (Å²) in [6, 6.07) is 0. The summed E-state index contributed by atoms with van der Waals surface area (Å²) in [7, 11) is 0. The molecular formula is C9H14S. The Morgan fingerprint density at radius 3 is 2.90 bits per heavy atom. The molecule has 0 radical (unpaired) electrons. The van der Waals surface area contributed by atoms with Crippen LogP contribution in [0.15, 0.2) is 12.2 Å². The SMILES string of the molecule is CCC[C@H]1S[C@@H]2C=C[C@H]1C2. The van der Waals surface area contributed by atoms with E-state index < -0.39 is 0 Å². The highest BCUT2D eigenvalue weighted by Gasteiger charge is 2.35. The molecule has 1 fully saturated rings. The van der Waals surface area contributed by atoms with Crippen LogP contribution in [-0.2, 0) is 0 Å². The van der Waals surface area contributed by atoms with Crippen molar-refractivity contribution in [3.63, 3.8) is 0 Å². The van der Waals surface area contributed by atoms with Gasteiger partial charge < -0.3 is 0 Å². The quantitative estimate of drug-likeness (QED) is 0.551. The second kappa shape index (κ2) is 2.61. The minimum Gasteiger partial charge on any atom is -0.150 e. The molecule has 1 aliphatic carbocycles. The monoisotopic (exact) mass is 154 g/mol. The number of hydrogen-bond donors (Lipinski definition) is 0. The Morgan fingerprint density at radius 1 is 1.50 bits per heavy atom. The summed E-state index contributed by atoms with van der Waals surface area (Å²) in [5, 5.41) is 1.86. The summed E-state index contributed by atoms with van der Waals surface area (Å²) in [6.07, 6.45) is 9.04. The molecule has 0 aromatic rings. The molecular weight excluding hydrogens is 140 g/mol.